The highest BCUT2D eigenvalue weighted by molar-refractivity contribution is 6.00. The first kappa shape index (κ1) is 19.7. The van der Waals surface area contributed by atoms with Crippen LogP contribution in [0.25, 0.3) is 10.9 Å². The summed E-state index contributed by atoms with van der Waals surface area (Å²) in [5.74, 6) is 1.93. The summed E-state index contributed by atoms with van der Waals surface area (Å²) in [6.45, 7) is 10.3. The zero-order valence-electron chi connectivity index (χ0n) is 17.3. The van der Waals surface area contributed by atoms with Gasteiger partial charge < -0.3 is 19.4 Å². The third-order valence-corrected chi connectivity index (χ3v) is 6.28. The average molecular weight is 373 g/mol. The maximum atomic E-state index is 13.6. The van der Waals surface area contributed by atoms with Crippen LogP contribution in [0.5, 0.6) is 5.75 Å². The highest BCUT2D eigenvalue weighted by atomic mass is 16.5. The lowest BCUT2D eigenvalue weighted by Gasteiger charge is -2.45. The molecule has 1 fully saturated rings. The van der Waals surface area contributed by atoms with Crippen LogP contribution in [0.15, 0.2) is 24.3 Å². The van der Waals surface area contributed by atoms with E-state index in [1.54, 1.807) is 14.2 Å². The van der Waals surface area contributed by atoms with Gasteiger partial charge >= 0.3 is 0 Å². The summed E-state index contributed by atoms with van der Waals surface area (Å²) in [5, 5.41) is 0.940. The van der Waals surface area contributed by atoms with Gasteiger partial charge in [0.15, 0.2) is 0 Å². The average Bonchev–Trinajstić information content (AvgIpc) is 3.23. The van der Waals surface area contributed by atoms with E-state index in [4.69, 9.17) is 9.47 Å². The molecule has 1 atom stereocenters. The van der Waals surface area contributed by atoms with E-state index < -0.39 is 0 Å². The number of methoxy groups -OCH3 is 2. The van der Waals surface area contributed by atoms with Crippen molar-refractivity contribution < 1.29 is 14.3 Å². The Morgan fingerprint density at radius 2 is 1.96 bits per heavy atom. The van der Waals surface area contributed by atoms with Crippen molar-refractivity contribution in [1.82, 2.24) is 9.88 Å². The summed E-state index contributed by atoms with van der Waals surface area (Å²) < 4.78 is 10.9. The van der Waals surface area contributed by atoms with Crippen LogP contribution in [0.1, 0.15) is 44.6 Å². The number of ether oxygens (including phenoxy) is 2. The molecule has 27 heavy (non-hydrogen) atoms. The van der Waals surface area contributed by atoms with Crippen LogP contribution in [0.2, 0.25) is 0 Å². The molecule has 0 spiro atoms. The number of hydrogen-bond acceptors (Lipinski definition) is 3. The molecule has 148 valence electrons. The van der Waals surface area contributed by atoms with Crippen molar-refractivity contribution in [3.63, 3.8) is 0 Å². The maximum absolute atomic E-state index is 13.6. The quantitative estimate of drug-likeness (QED) is 0.821. The van der Waals surface area contributed by atoms with E-state index in [1.165, 1.54) is 0 Å². The molecule has 1 saturated heterocycles. The Morgan fingerprint density at radius 1 is 1.26 bits per heavy atom. The molecule has 3 rings (SSSR count). The molecule has 5 heteroatoms. The summed E-state index contributed by atoms with van der Waals surface area (Å²) >= 11 is 0. The monoisotopic (exact) mass is 372 g/mol. The minimum absolute atomic E-state index is 0.0641. The van der Waals surface area contributed by atoms with Gasteiger partial charge in [0.05, 0.1) is 13.7 Å². The standard InChI is InChI=1S/C22H32N2O3/c1-14(2)22(15(3)4)11-16(13-26-5)12-24(22)21(25)19-10-17-18(23-19)8-7-9-20(17)27-6/h7-10,14-16,23H,11-13H2,1-6H3. The Balaban J connectivity index is 2.02. The highest BCUT2D eigenvalue weighted by Gasteiger charge is 2.51. The number of aromatic amines is 1. The molecule has 1 unspecified atom stereocenters. The van der Waals surface area contributed by atoms with E-state index in [2.05, 4.69) is 37.6 Å². The summed E-state index contributed by atoms with van der Waals surface area (Å²) in [5.41, 5.74) is 1.38. The summed E-state index contributed by atoms with van der Waals surface area (Å²) in [6.07, 6.45) is 0.978. The zero-order chi connectivity index (χ0) is 19.8. The summed E-state index contributed by atoms with van der Waals surface area (Å²) in [6, 6.07) is 7.75. The third kappa shape index (κ3) is 3.22. The Bertz CT molecular complexity index is 801. The predicted molar refractivity (Wildman–Crippen MR) is 108 cm³/mol. The minimum atomic E-state index is -0.165. The number of benzene rings is 1. The van der Waals surface area contributed by atoms with Gasteiger partial charge in [-0.2, -0.15) is 0 Å². The molecule has 1 aromatic heterocycles. The van der Waals surface area contributed by atoms with Gasteiger partial charge in [0.1, 0.15) is 11.4 Å². The van der Waals surface area contributed by atoms with Gasteiger partial charge in [-0.15, -0.1) is 0 Å². The molecular formula is C22H32N2O3. The van der Waals surface area contributed by atoms with Gasteiger partial charge in [-0.05, 0) is 36.5 Å². The van der Waals surface area contributed by atoms with Gasteiger partial charge in [-0.3, -0.25) is 4.79 Å². The predicted octanol–water partition coefficient (Wildman–Crippen LogP) is 4.34. The van der Waals surface area contributed by atoms with Crippen molar-refractivity contribution in [3.05, 3.63) is 30.0 Å². The third-order valence-electron chi connectivity index (χ3n) is 6.28. The first-order valence-corrected chi connectivity index (χ1v) is 9.81. The Morgan fingerprint density at radius 3 is 2.56 bits per heavy atom. The fraction of sp³-hybridized carbons (Fsp3) is 0.591. The van der Waals surface area contributed by atoms with Gasteiger partial charge in [-0.1, -0.05) is 33.8 Å². The van der Waals surface area contributed by atoms with E-state index in [0.717, 1.165) is 29.6 Å². The number of amides is 1. The number of aromatic nitrogens is 1. The molecule has 2 aromatic rings. The fourth-order valence-electron chi connectivity index (χ4n) is 5.01. The fourth-order valence-corrected chi connectivity index (χ4v) is 5.01. The van der Waals surface area contributed by atoms with E-state index in [9.17, 15) is 4.79 Å². The van der Waals surface area contributed by atoms with Crippen LogP contribution < -0.4 is 4.74 Å². The number of carbonyl (C=O) groups is 1. The molecule has 1 N–H and O–H groups in total. The number of H-pyrrole nitrogens is 1. The molecule has 1 aliphatic heterocycles. The minimum Gasteiger partial charge on any atom is -0.496 e. The van der Waals surface area contributed by atoms with Crippen LogP contribution in [0, 0.1) is 17.8 Å². The molecule has 2 heterocycles. The Kier molecular flexibility index (Phi) is 5.52. The van der Waals surface area contributed by atoms with Crippen molar-refractivity contribution >= 4 is 16.8 Å². The molecule has 5 nitrogen and oxygen atoms in total. The molecule has 0 saturated carbocycles. The van der Waals surface area contributed by atoms with E-state index in [-0.39, 0.29) is 11.4 Å². The maximum Gasteiger partial charge on any atom is 0.270 e. The molecule has 1 aromatic carbocycles. The van der Waals surface area contributed by atoms with Gasteiger partial charge in [0.2, 0.25) is 0 Å². The number of nitrogens with one attached hydrogen (secondary N) is 1. The molecule has 1 amide bonds. The largest absolute Gasteiger partial charge is 0.496 e. The SMILES string of the molecule is COCC1CN(C(=O)c2cc3c(OC)cccc3[nH]2)C(C(C)C)(C(C)C)C1. The van der Waals surface area contributed by atoms with Crippen LogP contribution >= 0.6 is 0 Å². The molecule has 0 radical (unpaired) electrons. The van der Waals surface area contributed by atoms with Crippen LogP contribution in [-0.4, -0.2) is 48.7 Å². The van der Waals surface area contributed by atoms with Crippen molar-refractivity contribution in [3.8, 4) is 5.75 Å². The molecular weight excluding hydrogens is 340 g/mol. The number of carbonyl (C=O) groups excluding carboxylic acids is 1. The van der Waals surface area contributed by atoms with Gasteiger partial charge in [-0.25, -0.2) is 0 Å². The van der Waals surface area contributed by atoms with Crippen LogP contribution in [0.4, 0.5) is 0 Å². The smallest absolute Gasteiger partial charge is 0.270 e. The lowest BCUT2D eigenvalue weighted by molar-refractivity contribution is 0.0291. The van der Waals surface area contributed by atoms with Gasteiger partial charge in [0, 0.05) is 36.0 Å². The second kappa shape index (κ2) is 7.55. The Hall–Kier alpha value is -2.01. The van der Waals surface area contributed by atoms with Crippen molar-refractivity contribution in [2.24, 2.45) is 17.8 Å². The summed E-state index contributed by atoms with van der Waals surface area (Å²) in [7, 11) is 3.39. The second-order valence-corrected chi connectivity index (χ2v) is 8.35. The first-order valence-electron chi connectivity index (χ1n) is 9.81. The van der Waals surface area contributed by atoms with Crippen molar-refractivity contribution in [2.75, 3.05) is 27.4 Å². The number of likely N-dealkylation sites (tertiary alicyclic amines) is 1. The van der Waals surface area contributed by atoms with Gasteiger partial charge in [0.25, 0.3) is 5.91 Å². The van der Waals surface area contributed by atoms with Crippen LogP contribution in [0.3, 0.4) is 0 Å². The van der Waals surface area contributed by atoms with E-state index in [1.807, 2.05) is 24.3 Å². The molecule has 1 aliphatic rings. The second-order valence-electron chi connectivity index (χ2n) is 8.35. The number of nitrogens with zero attached hydrogens (tertiary/aromatic N) is 1. The lowest BCUT2D eigenvalue weighted by Crippen LogP contribution is -2.54. The number of fused-ring (bicyclic) bond motifs is 1. The van der Waals surface area contributed by atoms with Crippen molar-refractivity contribution in [2.45, 2.75) is 39.7 Å². The normalized spacial score (nSPS) is 19.4. The topological polar surface area (TPSA) is 54.6 Å². The summed E-state index contributed by atoms with van der Waals surface area (Å²) in [4.78, 5) is 19.0. The molecule has 0 aliphatic carbocycles. The lowest BCUT2D eigenvalue weighted by atomic mass is 9.73. The number of hydrogen-bond donors (Lipinski definition) is 1. The zero-order valence-corrected chi connectivity index (χ0v) is 17.3. The van der Waals surface area contributed by atoms with Crippen molar-refractivity contribution in [1.29, 1.82) is 0 Å². The highest BCUT2D eigenvalue weighted by Crippen LogP contribution is 2.45. The van der Waals surface area contributed by atoms with Crippen LogP contribution in [-0.2, 0) is 4.74 Å². The number of rotatable bonds is 6. The first-order chi connectivity index (χ1) is 12.8. The van der Waals surface area contributed by atoms with E-state index in [0.29, 0.717) is 30.1 Å². The Labute approximate surface area is 162 Å². The van der Waals surface area contributed by atoms with E-state index >= 15 is 0 Å². The molecule has 0 bridgehead atoms.